The Morgan fingerprint density at radius 3 is 2.20 bits per heavy atom. The minimum absolute atomic E-state index is 0. The molecule has 0 saturated carbocycles. The minimum Gasteiger partial charge on any atom is -1.00 e. The smallest absolute Gasteiger partial charge is 0.163 e. The zero-order valence-electron chi connectivity index (χ0n) is 7.06. The second-order valence-electron chi connectivity index (χ2n) is 2.49. The van der Waals surface area contributed by atoms with Crippen molar-refractivity contribution in [3.05, 3.63) is 6.08 Å². The largest absolute Gasteiger partial charge is 1.00 e. The average Bonchev–Trinajstić information content (AvgIpc) is 1.63. The summed E-state index contributed by atoms with van der Waals surface area (Å²) in [6.07, 6.45) is 2.00. The van der Waals surface area contributed by atoms with Crippen molar-refractivity contribution in [3.8, 4) is 0 Å². The molecular formula is C7H15ClN2. The van der Waals surface area contributed by atoms with E-state index in [1.54, 1.807) is 0 Å². The maximum atomic E-state index is 3.04. The maximum Gasteiger partial charge on any atom is 0.163 e. The summed E-state index contributed by atoms with van der Waals surface area (Å²) in [7, 11) is 8.00. The molecule has 0 radical (unpaired) electrons. The van der Waals surface area contributed by atoms with Gasteiger partial charge in [-0.3, -0.25) is 0 Å². The molecule has 0 atom stereocenters. The molecule has 0 N–H and O–H groups in total. The van der Waals surface area contributed by atoms with Crippen molar-refractivity contribution in [1.29, 1.82) is 0 Å². The summed E-state index contributed by atoms with van der Waals surface area (Å²) in [5.41, 5.74) is 0. The van der Waals surface area contributed by atoms with Gasteiger partial charge in [-0.15, -0.1) is 0 Å². The molecule has 0 aliphatic rings. The van der Waals surface area contributed by atoms with E-state index < -0.39 is 0 Å². The number of nitrogens with zero attached hydrogens (tertiary/aromatic N) is 2. The van der Waals surface area contributed by atoms with E-state index in [0.717, 1.165) is 6.54 Å². The lowest BCUT2D eigenvalue weighted by molar-refractivity contribution is -0.456. The van der Waals surface area contributed by atoms with Crippen LogP contribution in [0.15, 0.2) is 6.08 Å². The van der Waals surface area contributed by atoms with Crippen molar-refractivity contribution in [1.82, 2.24) is 4.90 Å². The Kier molecular flexibility index (Phi) is 8.44. The van der Waals surface area contributed by atoms with Crippen LogP contribution in [0.1, 0.15) is 0 Å². The first-order valence-corrected chi connectivity index (χ1v) is 3.03. The third-order valence-electron chi connectivity index (χ3n) is 0.806. The molecule has 0 aromatic heterocycles. The first-order chi connectivity index (χ1) is 4.13. The number of hydrogen-bond donors (Lipinski definition) is 0. The van der Waals surface area contributed by atoms with E-state index in [2.05, 4.69) is 10.8 Å². The molecule has 60 valence electrons. The molecule has 0 heterocycles. The number of halogens is 1. The summed E-state index contributed by atoms with van der Waals surface area (Å²) in [5, 5.41) is 0. The van der Waals surface area contributed by atoms with Gasteiger partial charge >= 0.3 is 0 Å². The van der Waals surface area contributed by atoms with E-state index in [1.165, 1.54) is 0 Å². The van der Waals surface area contributed by atoms with Crippen LogP contribution in [-0.2, 0) is 0 Å². The molecule has 0 amide bonds. The van der Waals surface area contributed by atoms with Gasteiger partial charge in [0.25, 0.3) is 0 Å². The Morgan fingerprint density at radius 2 is 1.90 bits per heavy atom. The summed E-state index contributed by atoms with van der Waals surface area (Å²) in [6.45, 7) is 0.957. The molecule has 0 spiro atoms. The van der Waals surface area contributed by atoms with Crippen LogP contribution in [0, 0.1) is 0 Å². The van der Waals surface area contributed by atoms with Gasteiger partial charge < -0.3 is 17.3 Å². The molecule has 3 heteroatoms. The Balaban J connectivity index is 0. The Labute approximate surface area is 69.3 Å². The van der Waals surface area contributed by atoms with Crippen LogP contribution in [0.2, 0.25) is 0 Å². The topological polar surface area (TPSA) is 6.25 Å². The Morgan fingerprint density at radius 1 is 1.40 bits per heavy atom. The van der Waals surface area contributed by atoms with Gasteiger partial charge in [-0.1, -0.05) is 0 Å². The zero-order chi connectivity index (χ0) is 7.28. The summed E-state index contributed by atoms with van der Waals surface area (Å²) in [4.78, 5) is 2.09. The summed E-state index contributed by atoms with van der Waals surface area (Å²) >= 11 is 0. The first kappa shape index (κ1) is 12.4. The fourth-order valence-corrected chi connectivity index (χ4v) is 0.406. The Bertz CT molecular complexity index is 131. The molecule has 2 nitrogen and oxygen atoms in total. The van der Waals surface area contributed by atoms with Crippen LogP contribution in [0.3, 0.4) is 0 Å². The SMILES string of the molecule is CN(C)CC=C=[N+](C)C.[Cl-]. The highest BCUT2D eigenvalue weighted by Crippen LogP contribution is 1.69. The lowest BCUT2D eigenvalue weighted by Gasteiger charge is -2.00. The molecule has 0 rings (SSSR count). The van der Waals surface area contributed by atoms with Gasteiger partial charge in [0.15, 0.2) is 5.87 Å². The van der Waals surface area contributed by atoms with E-state index in [9.17, 15) is 0 Å². The van der Waals surface area contributed by atoms with E-state index in [1.807, 2.05) is 38.8 Å². The molecule has 0 aromatic rings. The molecule has 0 aromatic carbocycles. The molecule has 0 fully saturated rings. The molecule has 0 aliphatic carbocycles. The van der Waals surface area contributed by atoms with Crippen molar-refractivity contribution in [3.63, 3.8) is 0 Å². The lowest BCUT2D eigenvalue weighted by atomic mass is 10.6. The van der Waals surface area contributed by atoms with Crippen LogP contribution in [-0.4, -0.2) is 50.1 Å². The average molecular weight is 163 g/mol. The van der Waals surface area contributed by atoms with E-state index in [4.69, 9.17) is 0 Å². The van der Waals surface area contributed by atoms with Crippen molar-refractivity contribution in [2.24, 2.45) is 0 Å². The first-order valence-electron chi connectivity index (χ1n) is 3.03. The quantitative estimate of drug-likeness (QED) is 0.311. The van der Waals surface area contributed by atoms with Crippen LogP contribution < -0.4 is 12.4 Å². The molecule has 0 aliphatic heterocycles. The highest BCUT2D eigenvalue weighted by molar-refractivity contribution is 5.45. The summed E-state index contributed by atoms with van der Waals surface area (Å²) in [5.74, 6) is 3.04. The zero-order valence-corrected chi connectivity index (χ0v) is 7.81. The van der Waals surface area contributed by atoms with E-state index in [-0.39, 0.29) is 12.4 Å². The van der Waals surface area contributed by atoms with Gasteiger partial charge in [-0.2, -0.15) is 4.58 Å². The van der Waals surface area contributed by atoms with Crippen LogP contribution in [0.25, 0.3) is 0 Å². The highest BCUT2D eigenvalue weighted by Gasteiger charge is 1.81. The second kappa shape index (κ2) is 6.81. The van der Waals surface area contributed by atoms with Gasteiger partial charge in [0.05, 0.1) is 0 Å². The van der Waals surface area contributed by atoms with Crippen molar-refractivity contribution in [2.45, 2.75) is 0 Å². The molecule has 0 unspecified atom stereocenters. The monoisotopic (exact) mass is 162 g/mol. The fraction of sp³-hybridized carbons (Fsp3) is 0.714. The van der Waals surface area contributed by atoms with Gasteiger partial charge in [-0.05, 0) is 14.1 Å². The standard InChI is InChI=1S/C7H15N2.ClH/c1-8(2)6-5-7-9(3)4;/h5H,6H2,1-4H3;1H/q+1;/p-1. The van der Waals surface area contributed by atoms with E-state index >= 15 is 0 Å². The van der Waals surface area contributed by atoms with Crippen LogP contribution in [0.4, 0.5) is 0 Å². The predicted molar refractivity (Wildman–Crippen MR) is 40.2 cm³/mol. The highest BCUT2D eigenvalue weighted by atomic mass is 35.5. The summed E-state index contributed by atoms with van der Waals surface area (Å²) < 4.78 is 1.91. The van der Waals surface area contributed by atoms with Crippen molar-refractivity contribution >= 4 is 5.87 Å². The predicted octanol–water partition coefficient (Wildman–Crippen LogP) is -2.95. The fourth-order valence-electron chi connectivity index (χ4n) is 0.406. The van der Waals surface area contributed by atoms with Gasteiger partial charge in [-0.25, -0.2) is 0 Å². The third-order valence-corrected chi connectivity index (χ3v) is 0.806. The number of likely N-dealkylation sites (N-methyl/N-ethyl adjacent to an activating group) is 1. The minimum atomic E-state index is 0. The summed E-state index contributed by atoms with van der Waals surface area (Å²) in [6, 6.07) is 0. The third kappa shape index (κ3) is 10.6. The van der Waals surface area contributed by atoms with Crippen LogP contribution in [0.5, 0.6) is 0 Å². The molecule has 0 bridgehead atoms. The second-order valence-corrected chi connectivity index (χ2v) is 2.49. The number of hydrogen-bond acceptors (Lipinski definition) is 1. The van der Waals surface area contributed by atoms with Gasteiger partial charge in [0.2, 0.25) is 0 Å². The lowest BCUT2D eigenvalue weighted by Crippen LogP contribution is -3.00. The van der Waals surface area contributed by atoms with E-state index in [0.29, 0.717) is 0 Å². The normalized spacial score (nSPS) is 8.10. The molecule has 10 heavy (non-hydrogen) atoms. The van der Waals surface area contributed by atoms with Crippen molar-refractivity contribution < 1.29 is 17.0 Å². The number of rotatable bonds is 2. The van der Waals surface area contributed by atoms with Crippen molar-refractivity contribution in [2.75, 3.05) is 34.7 Å². The Hall–Kier alpha value is -0.300. The molecular weight excluding hydrogens is 148 g/mol. The maximum absolute atomic E-state index is 3.04. The van der Waals surface area contributed by atoms with Gasteiger partial charge in [0, 0.05) is 12.6 Å². The van der Waals surface area contributed by atoms with Crippen LogP contribution >= 0.6 is 0 Å². The molecule has 0 saturated heterocycles. The van der Waals surface area contributed by atoms with Gasteiger partial charge in [0.1, 0.15) is 14.1 Å².